The number of nitrogens with two attached hydrogens (primary N) is 1. The minimum absolute atomic E-state index is 0.482. The zero-order valence-electron chi connectivity index (χ0n) is 5.77. The van der Waals surface area contributed by atoms with E-state index in [0.717, 1.165) is 15.7 Å². The molecule has 0 aromatic heterocycles. The molecule has 0 heterocycles. The lowest BCUT2D eigenvalue weighted by Crippen LogP contribution is -2.06. The molecule has 0 saturated heterocycles. The molecule has 0 radical (unpaired) electrons. The summed E-state index contributed by atoms with van der Waals surface area (Å²) in [6, 6.07) is 5.68. The fraction of sp³-hybridized carbons (Fsp3) is 0.143. The van der Waals surface area contributed by atoms with Gasteiger partial charge in [0, 0.05) is 16.0 Å². The first-order valence-corrected chi connectivity index (χ1v) is 4.41. The van der Waals surface area contributed by atoms with E-state index < -0.39 is 0 Å². The molecule has 1 aromatic carbocycles. The van der Waals surface area contributed by atoms with Crippen LogP contribution in [-0.4, -0.2) is 0 Å². The largest absolute Gasteiger partial charge is 0.324 e. The Kier molecular flexibility index (Phi) is 3.17. The minimum atomic E-state index is 0.482. The van der Waals surface area contributed by atoms with Crippen molar-refractivity contribution < 1.29 is 0 Å². The maximum absolute atomic E-state index is 5.66. The molecule has 0 fully saturated rings. The van der Waals surface area contributed by atoms with Crippen LogP contribution in [0.3, 0.4) is 0 Å². The van der Waals surface area contributed by atoms with E-state index in [2.05, 4.69) is 21.4 Å². The van der Waals surface area contributed by atoms with Gasteiger partial charge in [-0.2, -0.15) is 0 Å². The van der Waals surface area contributed by atoms with Gasteiger partial charge in [0.2, 0.25) is 0 Å². The van der Waals surface area contributed by atoms with E-state index >= 15 is 0 Å². The third-order valence-corrected chi connectivity index (χ3v) is 2.42. The summed E-state index contributed by atoms with van der Waals surface area (Å²) < 4.78 is 1.01. The second-order valence-electron chi connectivity index (χ2n) is 2.08. The molecular weight excluding hydrogens is 227 g/mol. The fourth-order valence-electron chi connectivity index (χ4n) is 0.767. The number of halogens is 2. The monoisotopic (exact) mass is 234 g/mol. The third kappa shape index (κ3) is 2.09. The molecule has 0 saturated carbocycles. The Morgan fingerprint density at radius 1 is 1.55 bits per heavy atom. The molecule has 0 amide bonds. The molecule has 0 aliphatic rings. The van der Waals surface area contributed by atoms with Gasteiger partial charge >= 0.3 is 0 Å². The molecule has 0 spiro atoms. The standard InChI is InChI=1S/C7H8BrClN2/c8-7-2-1-6(11-10)3-5(7)4-9/h1-3,11H,4,10H2. The first-order valence-electron chi connectivity index (χ1n) is 3.09. The van der Waals surface area contributed by atoms with Gasteiger partial charge in [-0.1, -0.05) is 15.9 Å². The van der Waals surface area contributed by atoms with Crippen molar-refractivity contribution in [3.05, 3.63) is 28.2 Å². The van der Waals surface area contributed by atoms with E-state index in [1.54, 1.807) is 0 Å². The van der Waals surface area contributed by atoms with Gasteiger partial charge in [0.05, 0.1) is 0 Å². The van der Waals surface area contributed by atoms with Gasteiger partial charge in [-0.05, 0) is 23.8 Å². The Morgan fingerprint density at radius 3 is 2.82 bits per heavy atom. The molecule has 0 atom stereocenters. The predicted molar refractivity (Wildman–Crippen MR) is 51.5 cm³/mol. The Balaban J connectivity index is 3.02. The number of rotatable bonds is 2. The molecule has 0 unspecified atom stereocenters. The Morgan fingerprint density at radius 2 is 2.27 bits per heavy atom. The number of nitrogens with one attached hydrogen (secondary N) is 1. The highest BCUT2D eigenvalue weighted by atomic mass is 79.9. The number of nitrogen functional groups attached to an aromatic ring is 1. The third-order valence-electron chi connectivity index (χ3n) is 1.36. The van der Waals surface area contributed by atoms with Crippen molar-refractivity contribution in [2.45, 2.75) is 5.88 Å². The second kappa shape index (κ2) is 3.95. The summed E-state index contributed by atoms with van der Waals surface area (Å²) in [5, 5.41) is 0. The number of anilines is 1. The van der Waals surface area contributed by atoms with Crippen LogP contribution in [0.15, 0.2) is 22.7 Å². The molecular formula is C7H8BrClN2. The highest BCUT2D eigenvalue weighted by Gasteiger charge is 1.98. The van der Waals surface area contributed by atoms with Crippen LogP contribution in [0.25, 0.3) is 0 Å². The predicted octanol–water partition coefficient (Wildman–Crippen LogP) is 2.47. The first-order chi connectivity index (χ1) is 5.27. The van der Waals surface area contributed by atoms with Crippen molar-refractivity contribution in [1.29, 1.82) is 0 Å². The lowest BCUT2D eigenvalue weighted by Gasteiger charge is -2.03. The zero-order chi connectivity index (χ0) is 8.27. The summed E-state index contributed by atoms with van der Waals surface area (Å²) in [6.07, 6.45) is 0. The Hall–Kier alpha value is -0.250. The van der Waals surface area contributed by atoms with E-state index in [0.29, 0.717) is 5.88 Å². The van der Waals surface area contributed by atoms with Crippen LogP contribution in [-0.2, 0) is 5.88 Å². The molecule has 3 N–H and O–H groups in total. The summed E-state index contributed by atoms with van der Waals surface area (Å²) in [6.45, 7) is 0. The van der Waals surface area contributed by atoms with Crippen molar-refractivity contribution in [1.82, 2.24) is 0 Å². The smallest absolute Gasteiger partial charge is 0.0489 e. The second-order valence-corrected chi connectivity index (χ2v) is 3.21. The summed E-state index contributed by atoms with van der Waals surface area (Å²) in [5.41, 5.74) is 4.44. The van der Waals surface area contributed by atoms with Gasteiger partial charge in [-0.3, -0.25) is 5.84 Å². The van der Waals surface area contributed by atoms with Crippen LogP contribution in [0, 0.1) is 0 Å². The summed E-state index contributed by atoms with van der Waals surface area (Å²) in [5.74, 6) is 5.70. The number of alkyl halides is 1. The zero-order valence-corrected chi connectivity index (χ0v) is 8.11. The number of benzene rings is 1. The van der Waals surface area contributed by atoms with Gasteiger partial charge in [0.15, 0.2) is 0 Å². The quantitative estimate of drug-likeness (QED) is 0.469. The molecule has 4 heteroatoms. The molecule has 1 rings (SSSR count). The Bertz CT molecular complexity index is 252. The van der Waals surface area contributed by atoms with E-state index in [-0.39, 0.29) is 0 Å². The van der Waals surface area contributed by atoms with Crippen LogP contribution >= 0.6 is 27.5 Å². The highest BCUT2D eigenvalue weighted by molar-refractivity contribution is 9.10. The van der Waals surface area contributed by atoms with Crippen molar-refractivity contribution in [3.63, 3.8) is 0 Å². The lowest BCUT2D eigenvalue weighted by molar-refractivity contribution is 1.30. The summed E-state index contributed by atoms with van der Waals surface area (Å²) in [7, 11) is 0. The molecule has 0 aliphatic carbocycles. The Labute approximate surface area is 78.8 Å². The van der Waals surface area contributed by atoms with Crippen molar-refractivity contribution in [2.24, 2.45) is 5.84 Å². The van der Waals surface area contributed by atoms with Gasteiger partial charge < -0.3 is 5.43 Å². The van der Waals surface area contributed by atoms with Crippen LogP contribution in [0.5, 0.6) is 0 Å². The number of hydrogen-bond acceptors (Lipinski definition) is 2. The first kappa shape index (κ1) is 8.84. The van der Waals surface area contributed by atoms with Crippen LogP contribution in [0.1, 0.15) is 5.56 Å². The summed E-state index contributed by atoms with van der Waals surface area (Å²) >= 11 is 9.03. The topological polar surface area (TPSA) is 38.0 Å². The minimum Gasteiger partial charge on any atom is -0.324 e. The van der Waals surface area contributed by atoms with Crippen molar-refractivity contribution >= 4 is 33.2 Å². The molecule has 0 aliphatic heterocycles. The van der Waals surface area contributed by atoms with Gasteiger partial charge in [-0.25, -0.2) is 0 Å². The highest BCUT2D eigenvalue weighted by Crippen LogP contribution is 2.21. The number of hydrogen-bond donors (Lipinski definition) is 2. The van der Waals surface area contributed by atoms with Gasteiger partial charge in [-0.15, -0.1) is 11.6 Å². The molecule has 2 nitrogen and oxygen atoms in total. The molecule has 11 heavy (non-hydrogen) atoms. The maximum Gasteiger partial charge on any atom is 0.0489 e. The van der Waals surface area contributed by atoms with E-state index in [1.807, 2.05) is 18.2 Å². The SMILES string of the molecule is NNc1ccc(Br)c(CCl)c1. The molecule has 0 bridgehead atoms. The van der Waals surface area contributed by atoms with E-state index in [4.69, 9.17) is 17.4 Å². The average Bonchev–Trinajstić information content (AvgIpc) is 2.05. The van der Waals surface area contributed by atoms with Gasteiger partial charge in [0.25, 0.3) is 0 Å². The molecule has 1 aromatic rings. The van der Waals surface area contributed by atoms with Crippen molar-refractivity contribution in [2.75, 3.05) is 5.43 Å². The maximum atomic E-state index is 5.66. The fourth-order valence-corrected chi connectivity index (χ4v) is 1.54. The lowest BCUT2D eigenvalue weighted by atomic mass is 10.2. The molecule has 60 valence electrons. The van der Waals surface area contributed by atoms with E-state index in [1.165, 1.54) is 0 Å². The number of hydrazine groups is 1. The van der Waals surface area contributed by atoms with E-state index in [9.17, 15) is 0 Å². The van der Waals surface area contributed by atoms with Crippen LogP contribution in [0.2, 0.25) is 0 Å². The normalized spacial score (nSPS) is 9.73. The summed E-state index contributed by atoms with van der Waals surface area (Å²) in [4.78, 5) is 0. The van der Waals surface area contributed by atoms with Crippen LogP contribution < -0.4 is 11.3 Å². The average molecular weight is 236 g/mol. The van der Waals surface area contributed by atoms with Crippen molar-refractivity contribution in [3.8, 4) is 0 Å². The van der Waals surface area contributed by atoms with Gasteiger partial charge in [0.1, 0.15) is 0 Å². The van der Waals surface area contributed by atoms with Crippen LogP contribution in [0.4, 0.5) is 5.69 Å².